The molecule has 0 spiro atoms. The van der Waals surface area contributed by atoms with Gasteiger partial charge in [-0.2, -0.15) is 5.10 Å². The van der Waals surface area contributed by atoms with Crippen LogP contribution in [0.5, 0.6) is 0 Å². The second-order valence-electron chi connectivity index (χ2n) is 4.34. The molecule has 1 unspecified atom stereocenters. The van der Waals surface area contributed by atoms with Crippen molar-refractivity contribution >= 4 is 39.1 Å². The molecule has 4 nitrogen and oxygen atoms in total. The van der Waals surface area contributed by atoms with Gasteiger partial charge in [-0.15, -0.1) is 0 Å². The molecule has 0 bridgehead atoms. The first-order chi connectivity index (χ1) is 9.58. The lowest BCUT2D eigenvalue weighted by Gasteiger charge is -2.19. The number of pyridine rings is 1. The highest BCUT2D eigenvalue weighted by molar-refractivity contribution is 9.10. The van der Waals surface area contributed by atoms with Crippen LogP contribution in [0.1, 0.15) is 30.8 Å². The highest BCUT2D eigenvalue weighted by Gasteiger charge is 2.23. The average molecular weight is 378 g/mol. The van der Waals surface area contributed by atoms with Gasteiger partial charge in [0.15, 0.2) is 0 Å². The van der Waals surface area contributed by atoms with Crippen LogP contribution in [0.25, 0.3) is 0 Å². The van der Waals surface area contributed by atoms with Crippen molar-refractivity contribution in [1.29, 1.82) is 0 Å². The minimum Gasteiger partial charge on any atom is -0.307 e. The minimum atomic E-state index is -0.150. The Balaban J connectivity index is 2.49. The molecule has 0 fully saturated rings. The van der Waals surface area contributed by atoms with Crippen LogP contribution in [0.3, 0.4) is 0 Å². The molecule has 1 atom stereocenters. The number of aryl methyl sites for hydroxylation is 1. The molecule has 2 aromatic heterocycles. The highest BCUT2D eigenvalue weighted by Crippen LogP contribution is 2.32. The predicted octanol–water partition coefficient (Wildman–Crippen LogP) is 4.07. The van der Waals surface area contributed by atoms with Gasteiger partial charge in [-0.1, -0.05) is 30.1 Å². The molecular formula is C13H15BrCl2N4. The maximum Gasteiger partial charge on any atom is 0.0946 e. The van der Waals surface area contributed by atoms with Gasteiger partial charge in [-0.05, 0) is 35.5 Å². The van der Waals surface area contributed by atoms with E-state index in [1.54, 1.807) is 18.5 Å². The summed E-state index contributed by atoms with van der Waals surface area (Å²) in [6.07, 6.45) is 4.39. The first-order valence-corrected chi connectivity index (χ1v) is 7.82. The summed E-state index contributed by atoms with van der Waals surface area (Å²) in [4.78, 5) is 4.36. The molecule has 20 heavy (non-hydrogen) atoms. The number of nitrogens with zero attached hydrogens (tertiary/aromatic N) is 3. The Kier molecular flexibility index (Phi) is 5.43. The van der Waals surface area contributed by atoms with Crippen molar-refractivity contribution in [1.82, 2.24) is 20.1 Å². The van der Waals surface area contributed by atoms with Gasteiger partial charge in [0.25, 0.3) is 0 Å². The molecule has 0 saturated heterocycles. The standard InChI is InChI=1S/C13H15BrCl2N4/c1-3-4-20-13(9(14)7-19-20)12(17-2)11-10(16)5-8(15)6-18-11/h5-7,12,17H,3-4H2,1-2H3. The smallest absolute Gasteiger partial charge is 0.0946 e. The van der Waals surface area contributed by atoms with Crippen molar-refractivity contribution in [2.45, 2.75) is 25.9 Å². The van der Waals surface area contributed by atoms with Crippen molar-refractivity contribution < 1.29 is 0 Å². The number of aromatic nitrogens is 3. The molecule has 0 aliphatic rings. The minimum absolute atomic E-state index is 0.150. The Labute approximate surface area is 136 Å². The number of halogens is 3. The molecule has 0 aliphatic carbocycles. The van der Waals surface area contributed by atoms with E-state index < -0.39 is 0 Å². The zero-order valence-electron chi connectivity index (χ0n) is 11.2. The van der Waals surface area contributed by atoms with Crippen LogP contribution in [-0.2, 0) is 6.54 Å². The summed E-state index contributed by atoms with van der Waals surface area (Å²) >= 11 is 15.7. The third-order valence-corrected chi connectivity index (χ3v) is 4.06. The zero-order chi connectivity index (χ0) is 14.7. The van der Waals surface area contributed by atoms with Crippen molar-refractivity contribution in [2.75, 3.05) is 7.05 Å². The Morgan fingerprint density at radius 1 is 1.40 bits per heavy atom. The third-order valence-electron chi connectivity index (χ3n) is 2.94. The molecule has 0 aromatic carbocycles. The lowest BCUT2D eigenvalue weighted by atomic mass is 10.1. The van der Waals surface area contributed by atoms with Crippen LogP contribution in [-0.4, -0.2) is 21.8 Å². The van der Waals surface area contributed by atoms with E-state index >= 15 is 0 Å². The lowest BCUT2D eigenvalue weighted by Crippen LogP contribution is -2.23. The molecule has 0 aliphatic heterocycles. The highest BCUT2D eigenvalue weighted by atomic mass is 79.9. The molecule has 0 amide bonds. The van der Waals surface area contributed by atoms with Crippen LogP contribution in [0.15, 0.2) is 22.9 Å². The summed E-state index contributed by atoms with van der Waals surface area (Å²) in [5.74, 6) is 0. The van der Waals surface area contributed by atoms with Gasteiger partial charge in [0.05, 0.1) is 38.1 Å². The zero-order valence-corrected chi connectivity index (χ0v) is 14.3. The Morgan fingerprint density at radius 3 is 2.75 bits per heavy atom. The first kappa shape index (κ1) is 15.8. The monoisotopic (exact) mass is 376 g/mol. The van der Waals surface area contributed by atoms with E-state index in [4.69, 9.17) is 23.2 Å². The molecule has 2 aromatic rings. The van der Waals surface area contributed by atoms with Crippen LogP contribution < -0.4 is 5.32 Å². The molecular weight excluding hydrogens is 363 g/mol. The largest absolute Gasteiger partial charge is 0.307 e. The summed E-state index contributed by atoms with van der Waals surface area (Å²) < 4.78 is 2.89. The van der Waals surface area contributed by atoms with Gasteiger partial charge in [0.2, 0.25) is 0 Å². The molecule has 2 rings (SSSR count). The number of hydrogen-bond acceptors (Lipinski definition) is 3. The molecule has 108 valence electrons. The Bertz CT molecular complexity index is 600. The van der Waals surface area contributed by atoms with E-state index in [1.165, 1.54) is 0 Å². The third kappa shape index (κ3) is 3.17. The fraction of sp³-hybridized carbons (Fsp3) is 0.385. The summed E-state index contributed by atoms with van der Waals surface area (Å²) in [7, 11) is 1.87. The molecule has 0 radical (unpaired) electrons. The number of rotatable bonds is 5. The van der Waals surface area contributed by atoms with Crippen LogP contribution in [0.2, 0.25) is 10.0 Å². The van der Waals surface area contributed by atoms with Gasteiger partial charge in [-0.25, -0.2) is 0 Å². The fourth-order valence-corrected chi connectivity index (χ4v) is 3.10. The van der Waals surface area contributed by atoms with Crippen LogP contribution >= 0.6 is 39.1 Å². The second-order valence-corrected chi connectivity index (χ2v) is 6.04. The van der Waals surface area contributed by atoms with Gasteiger partial charge >= 0.3 is 0 Å². The average Bonchev–Trinajstić information content (AvgIpc) is 2.75. The van der Waals surface area contributed by atoms with Gasteiger partial charge in [0.1, 0.15) is 0 Å². The Morgan fingerprint density at radius 2 is 2.15 bits per heavy atom. The van der Waals surface area contributed by atoms with E-state index in [9.17, 15) is 0 Å². The van der Waals surface area contributed by atoms with Crippen molar-refractivity contribution in [3.8, 4) is 0 Å². The summed E-state index contributed by atoms with van der Waals surface area (Å²) in [6, 6.07) is 1.55. The predicted molar refractivity (Wildman–Crippen MR) is 85.4 cm³/mol. The van der Waals surface area contributed by atoms with E-state index in [1.807, 2.05) is 11.7 Å². The maximum atomic E-state index is 6.27. The summed E-state index contributed by atoms with van der Waals surface area (Å²) in [5, 5.41) is 8.68. The second kappa shape index (κ2) is 6.89. The van der Waals surface area contributed by atoms with Gasteiger partial charge in [-0.3, -0.25) is 9.67 Å². The number of hydrogen-bond donors (Lipinski definition) is 1. The fourth-order valence-electron chi connectivity index (χ4n) is 2.09. The number of nitrogens with one attached hydrogen (secondary N) is 1. The molecule has 0 saturated carbocycles. The molecule has 7 heteroatoms. The summed E-state index contributed by atoms with van der Waals surface area (Å²) in [5.41, 5.74) is 1.74. The summed E-state index contributed by atoms with van der Waals surface area (Å²) in [6.45, 7) is 2.95. The van der Waals surface area contributed by atoms with E-state index in [-0.39, 0.29) is 6.04 Å². The molecule has 2 heterocycles. The lowest BCUT2D eigenvalue weighted by molar-refractivity contribution is 0.528. The normalized spacial score (nSPS) is 12.7. The van der Waals surface area contributed by atoms with Crippen molar-refractivity contribution in [3.05, 3.63) is 44.4 Å². The van der Waals surface area contributed by atoms with Crippen LogP contribution in [0, 0.1) is 0 Å². The van der Waals surface area contributed by atoms with Crippen LogP contribution in [0.4, 0.5) is 0 Å². The van der Waals surface area contributed by atoms with E-state index in [0.29, 0.717) is 10.0 Å². The van der Waals surface area contributed by atoms with Crippen molar-refractivity contribution in [2.24, 2.45) is 0 Å². The van der Waals surface area contributed by atoms with E-state index in [0.717, 1.165) is 28.8 Å². The SMILES string of the molecule is CCCn1ncc(Br)c1C(NC)c1ncc(Cl)cc1Cl. The molecule has 1 N–H and O–H groups in total. The first-order valence-electron chi connectivity index (χ1n) is 6.27. The van der Waals surface area contributed by atoms with Crippen molar-refractivity contribution in [3.63, 3.8) is 0 Å². The maximum absolute atomic E-state index is 6.27. The topological polar surface area (TPSA) is 42.7 Å². The van der Waals surface area contributed by atoms with Gasteiger partial charge < -0.3 is 5.32 Å². The Hall–Kier alpha value is -0.620. The van der Waals surface area contributed by atoms with Gasteiger partial charge in [0, 0.05) is 12.7 Å². The quantitative estimate of drug-likeness (QED) is 0.853. The van der Waals surface area contributed by atoms with E-state index in [2.05, 4.69) is 38.3 Å².